The summed E-state index contributed by atoms with van der Waals surface area (Å²) in [5.74, 6) is 0.897. The van der Waals surface area contributed by atoms with Gasteiger partial charge in [0.15, 0.2) is 0 Å². The summed E-state index contributed by atoms with van der Waals surface area (Å²) < 4.78 is 11.4. The molecule has 1 N–H and O–H groups in total. The largest absolute Gasteiger partial charge is 0.493 e. The fraction of sp³-hybridized carbons (Fsp3) is 0.364. The number of nitrogens with zero attached hydrogens (tertiary/aromatic N) is 1. The average Bonchev–Trinajstić information content (AvgIpc) is 2.77. The summed E-state index contributed by atoms with van der Waals surface area (Å²) >= 11 is 0. The van der Waals surface area contributed by atoms with Crippen molar-refractivity contribution in [1.82, 2.24) is 0 Å². The van der Waals surface area contributed by atoms with Gasteiger partial charge < -0.3 is 19.7 Å². The van der Waals surface area contributed by atoms with Crippen molar-refractivity contribution in [3.8, 4) is 11.5 Å². The molecule has 0 atom stereocenters. The number of fused-ring (bicyclic) bond motifs is 1. The average molecular weight is 382 g/mol. The zero-order chi connectivity index (χ0) is 20.3. The number of rotatable bonds is 5. The Labute approximate surface area is 165 Å². The van der Waals surface area contributed by atoms with Crippen LogP contribution >= 0.6 is 0 Å². The molecule has 148 valence electrons. The maximum absolute atomic E-state index is 12.9. The van der Waals surface area contributed by atoms with E-state index in [9.17, 15) is 9.59 Å². The fourth-order valence-electron chi connectivity index (χ4n) is 3.17. The summed E-state index contributed by atoms with van der Waals surface area (Å²) in [6.45, 7) is 8.84. The van der Waals surface area contributed by atoms with Crippen molar-refractivity contribution < 1.29 is 19.1 Å². The third-order valence-electron chi connectivity index (χ3n) is 4.67. The second kappa shape index (κ2) is 7.92. The van der Waals surface area contributed by atoms with E-state index in [2.05, 4.69) is 5.32 Å². The second-order valence-electron chi connectivity index (χ2n) is 7.29. The summed E-state index contributed by atoms with van der Waals surface area (Å²) in [5.41, 5.74) is 1.09. The molecule has 6 nitrogen and oxygen atoms in total. The first-order valence-corrected chi connectivity index (χ1v) is 9.49. The van der Waals surface area contributed by atoms with Gasteiger partial charge >= 0.3 is 0 Å². The van der Waals surface area contributed by atoms with E-state index in [1.54, 1.807) is 41.3 Å². The second-order valence-corrected chi connectivity index (χ2v) is 7.29. The van der Waals surface area contributed by atoms with E-state index in [4.69, 9.17) is 9.47 Å². The Hall–Kier alpha value is -3.02. The van der Waals surface area contributed by atoms with Gasteiger partial charge in [0.05, 0.1) is 23.3 Å². The maximum Gasteiger partial charge on any atom is 0.259 e. The summed E-state index contributed by atoms with van der Waals surface area (Å²) in [7, 11) is 0. The summed E-state index contributed by atoms with van der Waals surface area (Å²) in [6, 6.07) is 12.4. The van der Waals surface area contributed by atoms with E-state index < -0.39 is 5.41 Å². The zero-order valence-electron chi connectivity index (χ0n) is 16.7. The van der Waals surface area contributed by atoms with E-state index >= 15 is 0 Å². The molecule has 2 aromatic carbocycles. The van der Waals surface area contributed by atoms with Gasteiger partial charge in [-0.2, -0.15) is 0 Å². The zero-order valence-corrected chi connectivity index (χ0v) is 16.7. The van der Waals surface area contributed by atoms with Gasteiger partial charge in [-0.05, 0) is 58.0 Å². The third kappa shape index (κ3) is 3.81. The quantitative estimate of drug-likeness (QED) is 0.845. The Kier molecular flexibility index (Phi) is 5.58. The van der Waals surface area contributed by atoms with Crippen molar-refractivity contribution >= 4 is 23.2 Å². The van der Waals surface area contributed by atoms with Gasteiger partial charge in [0.2, 0.25) is 5.91 Å². The lowest BCUT2D eigenvalue weighted by Crippen LogP contribution is -2.42. The Morgan fingerprint density at radius 3 is 2.68 bits per heavy atom. The van der Waals surface area contributed by atoms with Crippen molar-refractivity contribution in [1.29, 1.82) is 0 Å². The standard InChI is InChI=1S/C22H26N2O4/c1-5-24-17-13-15(11-12-19(17)28-14-22(3,4)21(24)26)23-20(25)16-9-7-8-10-18(16)27-6-2/h7-13H,5-6,14H2,1-4H3,(H,23,25). The highest BCUT2D eigenvalue weighted by Gasteiger charge is 2.37. The van der Waals surface area contributed by atoms with E-state index in [1.165, 1.54) is 0 Å². The Bertz CT molecular complexity index is 892. The number of amides is 2. The Morgan fingerprint density at radius 1 is 1.21 bits per heavy atom. The first kappa shape index (κ1) is 19.7. The van der Waals surface area contributed by atoms with Crippen LogP contribution in [-0.4, -0.2) is 31.6 Å². The summed E-state index contributed by atoms with van der Waals surface area (Å²) in [6.07, 6.45) is 0. The van der Waals surface area contributed by atoms with Crippen molar-refractivity contribution in [2.24, 2.45) is 5.41 Å². The van der Waals surface area contributed by atoms with Crippen LogP contribution in [0.25, 0.3) is 0 Å². The van der Waals surface area contributed by atoms with Crippen LogP contribution in [0.2, 0.25) is 0 Å². The number of hydrogen-bond donors (Lipinski definition) is 1. The van der Waals surface area contributed by atoms with Crippen LogP contribution in [0.5, 0.6) is 11.5 Å². The Balaban J connectivity index is 1.90. The highest BCUT2D eigenvalue weighted by atomic mass is 16.5. The number of hydrogen-bond acceptors (Lipinski definition) is 4. The molecule has 0 saturated heterocycles. The van der Waals surface area contributed by atoms with Crippen LogP contribution in [0, 0.1) is 5.41 Å². The number of anilines is 2. The minimum atomic E-state index is -0.616. The number of carbonyl (C=O) groups excluding carboxylic acids is 2. The minimum Gasteiger partial charge on any atom is -0.493 e. The fourth-order valence-corrected chi connectivity index (χ4v) is 3.17. The lowest BCUT2D eigenvalue weighted by atomic mass is 9.93. The van der Waals surface area contributed by atoms with Gasteiger partial charge in [0.25, 0.3) is 5.91 Å². The normalized spacial score (nSPS) is 15.3. The lowest BCUT2D eigenvalue weighted by molar-refractivity contribution is -0.127. The first-order chi connectivity index (χ1) is 13.4. The van der Waals surface area contributed by atoms with Gasteiger partial charge in [-0.15, -0.1) is 0 Å². The number of ether oxygens (including phenoxy) is 2. The number of carbonyl (C=O) groups is 2. The smallest absolute Gasteiger partial charge is 0.259 e. The van der Waals surface area contributed by atoms with E-state index in [-0.39, 0.29) is 11.8 Å². The van der Waals surface area contributed by atoms with Crippen molar-refractivity contribution in [3.63, 3.8) is 0 Å². The van der Waals surface area contributed by atoms with E-state index in [0.29, 0.717) is 48.2 Å². The van der Waals surface area contributed by atoms with Gasteiger partial charge in [0.1, 0.15) is 18.1 Å². The van der Waals surface area contributed by atoms with Crippen LogP contribution in [-0.2, 0) is 4.79 Å². The highest BCUT2D eigenvalue weighted by Crippen LogP contribution is 2.38. The monoisotopic (exact) mass is 382 g/mol. The van der Waals surface area contributed by atoms with Crippen molar-refractivity contribution in [2.45, 2.75) is 27.7 Å². The predicted octanol–water partition coefficient (Wildman–Crippen LogP) is 4.11. The molecule has 0 fully saturated rings. The lowest BCUT2D eigenvalue weighted by Gasteiger charge is -2.27. The molecule has 1 aliphatic heterocycles. The van der Waals surface area contributed by atoms with Gasteiger partial charge in [-0.25, -0.2) is 0 Å². The number of nitrogens with one attached hydrogen (secondary N) is 1. The molecule has 2 aromatic rings. The van der Waals surface area contributed by atoms with E-state index in [0.717, 1.165) is 0 Å². The number of para-hydroxylation sites is 1. The molecule has 0 radical (unpaired) electrons. The molecule has 0 spiro atoms. The SMILES string of the molecule is CCOc1ccccc1C(=O)Nc1ccc2c(c1)N(CC)C(=O)C(C)(C)CO2. The molecule has 2 amide bonds. The minimum absolute atomic E-state index is 0.00100. The van der Waals surface area contributed by atoms with E-state index in [1.807, 2.05) is 33.8 Å². The van der Waals surface area contributed by atoms with Crippen molar-refractivity contribution in [3.05, 3.63) is 48.0 Å². The molecule has 28 heavy (non-hydrogen) atoms. The van der Waals surface area contributed by atoms with Crippen LogP contribution in [0.15, 0.2) is 42.5 Å². The summed E-state index contributed by atoms with van der Waals surface area (Å²) in [4.78, 5) is 27.3. The molecule has 3 rings (SSSR count). The maximum atomic E-state index is 12.9. The predicted molar refractivity (Wildman–Crippen MR) is 109 cm³/mol. The van der Waals surface area contributed by atoms with Gasteiger partial charge in [0, 0.05) is 12.2 Å². The van der Waals surface area contributed by atoms with Gasteiger partial charge in [-0.1, -0.05) is 12.1 Å². The Morgan fingerprint density at radius 2 is 1.96 bits per heavy atom. The molecule has 0 saturated carbocycles. The molecular formula is C22H26N2O4. The molecule has 1 heterocycles. The molecule has 0 aliphatic carbocycles. The first-order valence-electron chi connectivity index (χ1n) is 9.49. The van der Waals surface area contributed by atoms with Crippen molar-refractivity contribution in [2.75, 3.05) is 30.0 Å². The summed E-state index contributed by atoms with van der Waals surface area (Å²) in [5, 5.41) is 2.90. The molecule has 0 aromatic heterocycles. The van der Waals surface area contributed by atoms with Crippen LogP contribution in [0.3, 0.4) is 0 Å². The van der Waals surface area contributed by atoms with Gasteiger partial charge in [-0.3, -0.25) is 9.59 Å². The number of benzene rings is 2. The molecular weight excluding hydrogens is 356 g/mol. The topological polar surface area (TPSA) is 67.9 Å². The molecule has 0 bridgehead atoms. The molecule has 1 aliphatic rings. The highest BCUT2D eigenvalue weighted by molar-refractivity contribution is 6.07. The van der Waals surface area contributed by atoms with Crippen LogP contribution in [0.1, 0.15) is 38.1 Å². The van der Waals surface area contributed by atoms with Crippen LogP contribution < -0.4 is 19.7 Å². The molecule has 0 unspecified atom stereocenters. The molecule has 6 heteroatoms. The third-order valence-corrected chi connectivity index (χ3v) is 4.67. The van der Waals surface area contributed by atoms with Crippen LogP contribution in [0.4, 0.5) is 11.4 Å².